The van der Waals surface area contributed by atoms with Crippen LogP contribution in [-0.2, 0) is 4.79 Å². The van der Waals surface area contributed by atoms with Gasteiger partial charge in [-0.25, -0.2) is 0 Å². The zero-order chi connectivity index (χ0) is 13.4. The molecule has 1 aliphatic heterocycles. The fraction of sp³-hybridized carbons (Fsp3) is 0.933. The Bertz CT molecular complexity index is 326. The van der Waals surface area contributed by atoms with E-state index in [1.807, 2.05) is 6.92 Å². The predicted molar refractivity (Wildman–Crippen MR) is 72.6 cm³/mol. The van der Waals surface area contributed by atoms with Crippen LogP contribution in [0.25, 0.3) is 0 Å². The summed E-state index contributed by atoms with van der Waals surface area (Å²) < 4.78 is 0. The molecular formula is C15H27NO2. The molecule has 1 saturated heterocycles. The van der Waals surface area contributed by atoms with Crippen molar-refractivity contribution in [2.75, 3.05) is 6.54 Å². The van der Waals surface area contributed by atoms with Gasteiger partial charge in [-0.3, -0.25) is 9.69 Å². The first-order valence-corrected chi connectivity index (χ1v) is 7.35. The van der Waals surface area contributed by atoms with E-state index < -0.39 is 11.5 Å². The van der Waals surface area contributed by atoms with Crippen molar-refractivity contribution in [3.63, 3.8) is 0 Å². The van der Waals surface area contributed by atoms with Crippen molar-refractivity contribution in [2.24, 2.45) is 5.41 Å². The maximum atomic E-state index is 11.6. The van der Waals surface area contributed by atoms with Crippen LogP contribution in [0.15, 0.2) is 0 Å². The van der Waals surface area contributed by atoms with Gasteiger partial charge >= 0.3 is 5.97 Å². The van der Waals surface area contributed by atoms with Crippen LogP contribution in [0.3, 0.4) is 0 Å². The van der Waals surface area contributed by atoms with Gasteiger partial charge in [-0.05, 0) is 57.4 Å². The van der Waals surface area contributed by atoms with Crippen molar-refractivity contribution in [3.05, 3.63) is 0 Å². The van der Waals surface area contributed by atoms with Crippen LogP contribution in [0.1, 0.15) is 65.7 Å². The molecule has 1 N–H and O–H groups in total. The highest BCUT2D eigenvalue weighted by Crippen LogP contribution is 2.41. The second kappa shape index (κ2) is 4.84. The summed E-state index contributed by atoms with van der Waals surface area (Å²) in [7, 11) is 0. The summed E-state index contributed by atoms with van der Waals surface area (Å²) in [5.74, 6) is -0.634. The number of carbonyl (C=O) groups is 1. The molecule has 1 aliphatic carbocycles. The van der Waals surface area contributed by atoms with Gasteiger partial charge in [0.05, 0.1) is 0 Å². The topological polar surface area (TPSA) is 40.5 Å². The Kier molecular flexibility index (Phi) is 3.72. The third-order valence-electron chi connectivity index (χ3n) is 5.03. The molecule has 2 aliphatic rings. The fourth-order valence-electron chi connectivity index (χ4n) is 3.88. The molecule has 0 amide bonds. The molecule has 3 heteroatoms. The standard InChI is InChI=1S/C15H27NO2/c1-14(2)8-6-7-12(11-14)16-10-5-4-9-15(16,3)13(17)18/h12H,4-11H2,1-3H3,(H,17,18). The zero-order valence-corrected chi connectivity index (χ0v) is 12.0. The fourth-order valence-corrected chi connectivity index (χ4v) is 3.88. The summed E-state index contributed by atoms with van der Waals surface area (Å²) in [4.78, 5) is 14.0. The molecule has 104 valence electrons. The molecule has 2 fully saturated rings. The molecule has 2 atom stereocenters. The van der Waals surface area contributed by atoms with Gasteiger partial charge in [-0.1, -0.05) is 20.3 Å². The predicted octanol–water partition coefficient (Wildman–Crippen LogP) is 3.28. The molecule has 2 unspecified atom stereocenters. The lowest BCUT2D eigenvalue weighted by Crippen LogP contribution is -2.60. The van der Waals surface area contributed by atoms with E-state index in [1.165, 1.54) is 19.3 Å². The summed E-state index contributed by atoms with van der Waals surface area (Å²) in [6.07, 6.45) is 7.85. The molecule has 0 aromatic rings. The Labute approximate surface area is 111 Å². The SMILES string of the molecule is CC1(C)CCCC(N2CCCCC2(C)C(=O)O)C1. The van der Waals surface area contributed by atoms with E-state index in [1.54, 1.807) is 0 Å². The normalized spacial score (nSPS) is 37.4. The summed E-state index contributed by atoms with van der Waals surface area (Å²) >= 11 is 0. The first kappa shape index (κ1) is 13.9. The molecule has 0 bridgehead atoms. The van der Waals surface area contributed by atoms with Crippen LogP contribution >= 0.6 is 0 Å². The highest BCUT2D eigenvalue weighted by molar-refractivity contribution is 5.78. The minimum absolute atomic E-state index is 0.375. The Morgan fingerprint density at radius 2 is 1.89 bits per heavy atom. The molecule has 1 saturated carbocycles. The van der Waals surface area contributed by atoms with E-state index in [-0.39, 0.29) is 0 Å². The van der Waals surface area contributed by atoms with Crippen molar-refractivity contribution >= 4 is 5.97 Å². The monoisotopic (exact) mass is 253 g/mol. The lowest BCUT2D eigenvalue weighted by molar-refractivity contribution is -0.156. The number of hydrogen-bond donors (Lipinski definition) is 1. The van der Waals surface area contributed by atoms with Gasteiger partial charge < -0.3 is 5.11 Å². The van der Waals surface area contributed by atoms with Gasteiger partial charge in [0, 0.05) is 6.04 Å². The molecule has 0 aromatic carbocycles. The van der Waals surface area contributed by atoms with Gasteiger partial charge in [0.25, 0.3) is 0 Å². The van der Waals surface area contributed by atoms with Crippen LogP contribution < -0.4 is 0 Å². The lowest BCUT2D eigenvalue weighted by atomic mass is 9.73. The minimum Gasteiger partial charge on any atom is -0.480 e. The molecule has 3 nitrogen and oxygen atoms in total. The third kappa shape index (κ3) is 2.56. The first-order chi connectivity index (χ1) is 8.35. The van der Waals surface area contributed by atoms with Crippen LogP contribution in [0, 0.1) is 5.41 Å². The van der Waals surface area contributed by atoms with Crippen LogP contribution in [0.2, 0.25) is 0 Å². The molecule has 0 spiro atoms. The van der Waals surface area contributed by atoms with Gasteiger partial charge in [-0.15, -0.1) is 0 Å². The lowest BCUT2D eigenvalue weighted by Gasteiger charge is -2.50. The van der Waals surface area contributed by atoms with Gasteiger partial charge in [0.15, 0.2) is 0 Å². The second-order valence-corrected chi connectivity index (χ2v) is 7.14. The Morgan fingerprint density at radius 1 is 1.17 bits per heavy atom. The maximum Gasteiger partial charge on any atom is 0.323 e. The largest absolute Gasteiger partial charge is 0.480 e. The van der Waals surface area contributed by atoms with Crippen molar-refractivity contribution in [2.45, 2.75) is 77.3 Å². The maximum absolute atomic E-state index is 11.6. The number of rotatable bonds is 2. The molecule has 1 heterocycles. The average Bonchev–Trinajstić information content (AvgIpc) is 2.28. The van der Waals surface area contributed by atoms with Crippen molar-refractivity contribution in [3.8, 4) is 0 Å². The van der Waals surface area contributed by atoms with Crippen molar-refractivity contribution in [1.82, 2.24) is 4.90 Å². The van der Waals surface area contributed by atoms with Gasteiger partial charge in [0.2, 0.25) is 0 Å². The van der Waals surface area contributed by atoms with E-state index in [0.29, 0.717) is 11.5 Å². The van der Waals surface area contributed by atoms with E-state index in [2.05, 4.69) is 18.7 Å². The highest BCUT2D eigenvalue weighted by Gasteiger charge is 2.46. The highest BCUT2D eigenvalue weighted by atomic mass is 16.4. The van der Waals surface area contributed by atoms with E-state index >= 15 is 0 Å². The van der Waals surface area contributed by atoms with Crippen LogP contribution in [0.5, 0.6) is 0 Å². The third-order valence-corrected chi connectivity index (χ3v) is 5.03. The van der Waals surface area contributed by atoms with E-state index in [9.17, 15) is 9.90 Å². The molecule has 2 rings (SSSR count). The number of aliphatic carboxylic acids is 1. The smallest absolute Gasteiger partial charge is 0.323 e. The van der Waals surface area contributed by atoms with Gasteiger partial charge in [-0.2, -0.15) is 0 Å². The summed E-state index contributed by atoms with van der Waals surface area (Å²) in [6, 6.07) is 0.468. The average molecular weight is 253 g/mol. The van der Waals surface area contributed by atoms with E-state index in [4.69, 9.17) is 0 Å². The number of carboxylic acid groups (broad SMARTS) is 1. The van der Waals surface area contributed by atoms with Crippen molar-refractivity contribution in [1.29, 1.82) is 0 Å². The number of carboxylic acids is 1. The zero-order valence-electron chi connectivity index (χ0n) is 12.0. The van der Waals surface area contributed by atoms with E-state index in [0.717, 1.165) is 32.2 Å². The van der Waals surface area contributed by atoms with Crippen molar-refractivity contribution < 1.29 is 9.90 Å². The number of nitrogens with zero attached hydrogens (tertiary/aromatic N) is 1. The molecule has 0 radical (unpaired) electrons. The number of piperidine rings is 1. The number of hydrogen-bond acceptors (Lipinski definition) is 2. The Balaban J connectivity index is 2.16. The Morgan fingerprint density at radius 3 is 2.50 bits per heavy atom. The van der Waals surface area contributed by atoms with Crippen LogP contribution in [0.4, 0.5) is 0 Å². The molecule has 18 heavy (non-hydrogen) atoms. The molecule has 0 aromatic heterocycles. The Hall–Kier alpha value is -0.570. The van der Waals surface area contributed by atoms with Crippen LogP contribution in [-0.4, -0.2) is 34.1 Å². The summed E-state index contributed by atoms with van der Waals surface area (Å²) in [5.41, 5.74) is -0.254. The second-order valence-electron chi connectivity index (χ2n) is 7.14. The van der Waals surface area contributed by atoms with Gasteiger partial charge in [0.1, 0.15) is 5.54 Å². The molecular weight excluding hydrogens is 226 g/mol. The number of likely N-dealkylation sites (tertiary alicyclic amines) is 1. The summed E-state index contributed by atoms with van der Waals surface area (Å²) in [5, 5.41) is 9.59. The minimum atomic E-state index is -0.634. The summed E-state index contributed by atoms with van der Waals surface area (Å²) in [6.45, 7) is 7.53. The quantitative estimate of drug-likeness (QED) is 0.821. The first-order valence-electron chi connectivity index (χ1n) is 7.35.